The predicted octanol–water partition coefficient (Wildman–Crippen LogP) is 3.32. The van der Waals surface area contributed by atoms with E-state index in [0.717, 1.165) is 38.8 Å². The van der Waals surface area contributed by atoms with Crippen LogP contribution < -0.4 is 0 Å². The molecular weight excluding hydrogens is 250 g/mol. The van der Waals surface area contributed by atoms with E-state index in [1.165, 1.54) is 11.1 Å². The average Bonchev–Trinajstić information content (AvgIpc) is 2.48. The Bertz CT molecular complexity index is 441. The molecule has 0 aromatic heterocycles. The minimum absolute atomic E-state index is 0.320. The molecule has 20 heavy (non-hydrogen) atoms. The lowest BCUT2D eigenvalue weighted by atomic mass is 9.88. The lowest BCUT2D eigenvalue weighted by Crippen LogP contribution is -2.46. The minimum atomic E-state index is -0.673. The van der Waals surface area contributed by atoms with Crippen LogP contribution in [0.1, 0.15) is 44.2 Å². The maximum absolute atomic E-state index is 11.5. The van der Waals surface area contributed by atoms with Crippen molar-refractivity contribution in [2.24, 2.45) is 5.92 Å². The van der Waals surface area contributed by atoms with Gasteiger partial charge in [0.05, 0.1) is 0 Å². The highest BCUT2D eigenvalue weighted by molar-refractivity contribution is 5.73. The van der Waals surface area contributed by atoms with Gasteiger partial charge in [-0.25, -0.2) is 0 Å². The van der Waals surface area contributed by atoms with E-state index in [2.05, 4.69) is 43.0 Å². The third-order valence-corrected chi connectivity index (χ3v) is 4.50. The number of aliphatic carboxylic acids is 1. The van der Waals surface area contributed by atoms with Crippen LogP contribution in [0.25, 0.3) is 0 Å². The van der Waals surface area contributed by atoms with E-state index in [9.17, 15) is 9.90 Å². The molecule has 0 aliphatic carbocycles. The van der Waals surface area contributed by atoms with Gasteiger partial charge in [0.15, 0.2) is 0 Å². The molecule has 110 valence electrons. The van der Waals surface area contributed by atoms with Crippen LogP contribution in [0.4, 0.5) is 0 Å². The summed E-state index contributed by atoms with van der Waals surface area (Å²) < 4.78 is 0. The van der Waals surface area contributed by atoms with Crippen molar-refractivity contribution in [1.82, 2.24) is 4.90 Å². The van der Waals surface area contributed by atoms with Crippen LogP contribution in [0, 0.1) is 5.92 Å². The molecular formula is C17H25NO2. The van der Waals surface area contributed by atoms with Crippen LogP contribution >= 0.6 is 0 Å². The van der Waals surface area contributed by atoms with E-state index in [-0.39, 0.29) is 6.04 Å². The molecule has 1 aliphatic heterocycles. The number of piperidine rings is 1. The molecule has 3 heteroatoms. The summed E-state index contributed by atoms with van der Waals surface area (Å²) in [5.74, 6) is -0.108. The third kappa shape index (κ3) is 3.60. The second-order valence-electron chi connectivity index (χ2n) is 5.79. The number of carboxylic acid groups (broad SMARTS) is 1. The molecule has 3 nitrogen and oxygen atoms in total. The van der Waals surface area contributed by atoms with Crippen LogP contribution in [0.3, 0.4) is 0 Å². The van der Waals surface area contributed by atoms with Gasteiger partial charge >= 0.3 is 5.97 Å². The Labute approximate surface area is 121 Å². The number of carbonyl (C=O) groups is 1. The van der Waals surface area contributed by atoms with E-state index < -0.39 is 5.97 Å². The molecule has 0 amide bonds. The van der Waals surface area contributed by atoms with Gasteiger partial charge in [-0.2, -0.15) is 0 Å². The molecule has 1 fully saturated rings. The van der Waals surface area contributed by atoms with E-state index in [1.807, 2.05) is 0 Å². The summed E-state index contributed by atoms with van der Waals surface area (Å²) in [6.07, 6.45) is 4.04. The van der Waals surface area contributed by atoms with Gasteiger partial charge in [-0.1, -0.05) is 44.5 Å². The van der Waals surface area contributed by atoms with Crippen molar-refractivity contribution >= 4 is 5.97 Å². The van der Waals surface area contributed by atoms with Crippen molar-refractivity contribution in [3.63, 3.8) is 0 Å². The largest absolute Gasteiger partial charge is 0.480 e. The Morgan fingerprint density at radius 2 is 1.90 bits per heavy atom. The van der Waals surface area contributed by atoms with Gasteiger partial charge in [-0.15, -0.1) is 0 Å². The summed E-state index contributed by atoms with van der Waals surface area (Å²) >= 11 is 0. The van der Waals surface area contributed by atoms with Crippen molar-refractivity contribution < 1.29 is 9.90 Å². The highest BCUT2D eigenvalue weighted by Crippen LogP contribution is 2.27. The first-order chi connectivity index (χ1) is 9.63. The van der Waals surface area contributed by atoms with Crippen molar-refractivity contribution in [3.05, 3.63) is 35.4 Å². The third-order valence-electron chi connectivity index (χ3n) is 4.50. The van der Waals surface area contributed by atoms with Gasteiger partial charge in [0.25, 0.3) is 0 Å². The Kier molecular flexibility index (Phi) is 5.18. The minimum Gasteiger partial charge on any atom is -0.480 e. The molecule has 0 spiro atoms. The molecule has 1 aliphatic rings. The molecule has 2 atom stereocenters. The van der Waals surface area contributed by atoms with E-state index in [0.29, 0.717) is 5.92 Å². The Balaban J connectivity index is 2.04. The zero-order chi connectivity index (χ0) is 14.5. The van der Waals surface area contributed by atoms with Crippen LogP contribution in [0.2, 0.25) is 0 Å². The number of hydrogen-bond donors (Lipinski definition) is 1. The monoisotopic (exact) mass is 275 g/mol. The van der Waals surface area contributed by atoms with Crippen molar-refractivity contribution in [1.29, 1.82) is 0 Å². The summed E-state index contributed by atoms with van der Waals surface area (Å²) in [4.78, 5) is 13.6. The molecule has 1 saturated heterocycles. The SMILES string of the molecule is CCc1ccc(CN2CCC(CC)CC2C(=O)O)cc1. The van der Waals surface area contributed by atoms with Crippen LogP contribution in [-0.4, -0.2) is 28.6 Å². The van der Waals surface area contributed by atoms with Gasteiger partial charge in [-0.05, 0) is 42.9 Å². The Hall–Kier alpha value is -1.35. The first-order valence-electron chi connectivity index (χ1n) is 7.68. The zero-order valence-corrected chi connectivity index (χ0v) is 12.5. The van der Waals surface area contributed by atoms with Crippen LogP contribution in [-0.2, 0) is 17.8 Å². The molecule has 1 heterocycles. The van der Waals surface area contributed by atoms with Gasteiger partial charge < -0.3 is 5.11 Å². The molecule has 0 saturated carbocycles. The molecule has 1 aromatic rings. The molecule has 2 rings (SSSR count). The first-order valence-corrected chi connectivity index (χ1v) is 7.68. The second kappa shape index (κ2) is 6.89. The van der Waals surface area contributed by atoms with Gasteiger partial charge in [0.2, 0.25) is 0 Å². The van der Waals surface area contributed by atoms with E-state index in [1.54, 1.807) is 0 Å². The van der Waals surface area contributed by atoms with E-state index >= 15 is 0 Å². The number of rotatable bonds is 5. The highest BCUT2D eigenvalue weighted by Gasteiger charge is 2.32. The van der Waals surface area contributed by atoms with Gasteiger partial charge in [-0.3, -0.25) is 9.69 Å². The maximum atomic E-state index is 11.5. The lowest BCUT2D eigenvalue weighted by Gasteiger charge is -2.37. The van der Waals surface area contributed by atoms with Crippen molar-refractivity contribution in [2.45, 2.75) is 52.1 Å². The molecule has 2 unspecified atom stereocenters. The summed E-state index contributed by atoms with van der Waals surface area (Å²) in [5, 5.41) is 9.44. The summed E-state index contributed by atoms with van der Waals surface area (Å²) in [6, 6.07) is 8.22. The number of nitrogens with zero attached hydrogens (tertiary/aromatic N) is 1. The number of benzene rings is 1. The second-order valence-corrected chi connectivity index (χ2v) is 5.79. The lowest BCUT2D eigenvalue weighted by molar-refractivity contribution is -0.145. The first kappa shape index (κ1) is 15.0. The van der Waals surface area contributed by atoms with Gasteiger partial charge in [0, 0.05) is 6.54 Å². The Morgan fingerprint density at radius 3 is 2.45 bits per heavy atom. The summed E-state index contributed by atoms with van der Waals surface area (Å²) in [7, 11) is 0. The number of aryl methyl sites for hydroxylation is 1. The normalized spacial score (nSPS) is 23.7. The quantitative estimate of drug-likeness (QED) is 0.896. The molecule has 0 bridgehead atoms. The Morgan fingerprint density at radius 1 is 1.25 bits per heavy atom. The van der Waals surface area contributed by atoms with Crippen LogP contribution in [0.15, 0.2) is 24.3 Å². The maximum Gasteiger partial charge on any atom is 0.320 e. The molecule has 0 radical (unpaired) electrons. The standard InChI is InChI=1S/C17H25NO2/c1-3-13-5-7-15(8-6-13)12-18-10-9-14(4-2)11-16(18)17(19)20/h5-8,14,16H,3-4,9-12H2,1-2H3,(H,19,20). The predicted molar refractivity (Wildman–Crippen MR) is 80.7 cm³/mol. The van der Waals surface area contributed by atoms with Crippen LogP contribution in [0.5, 0.6) is 0 Å². The molecule has 1 aromatic carbocycles. The average molecular weight is 275 g/mol. The topological polar surface area (TPSA) is 40.5 Å². The molecule has 1 N–H and O–H groups in total. The fourth-order valence-electron chi connectivity index (χ4n) is 3.02. The summed E-state index contributed by atoms with van der Waals surface area (Å²) in [6.45, 7) is 5.94. The zero-order valence-electron chi connectivity index (χ0n) is 12.5. The number of carboxylic acids is 1. The number of likely N-dealkylation sites (tertiary alicyclic amines) is 1. The fraction of sp³-hybridized carbons (Fsp3) is 0.588. The van der Waals surface area contributed by atoms with E-state index in [4.69, 9.17) is 0 Å². The fourth-order valence-corrected chi connectivity index (χ4v) is 3.02. The summed E-state index contributed by atoms with van der Waals surface area (Å²) in [5.41, 5.74) is 2.54. The van der Waals surface area contributed by atoms with Gasteiger partial charge in [0.1, 0.15) is 6.04 Å². The number of hydrogen-bond acceptors (Lipinski definition) is 2. The van der Waals surface area contributed by atoms with Crippen molar-refractivity contribution in [3.8, 4) is 0 Å². The highest BCUT2D eigenvalue weighted by atomic mass is 16.4. The smallest absolute Gasteiger partial charge is 0.320 e. The van der Waals surface area contributed by atoms with Crippen molar-refractivity contribution in [2.75, 3.05) is 6.54 Å².